The summed E-state index contributed by atoms with van der Waals surface area (Å²) in [6, 6.07) is 7.23. The van der Waals surface area contributed by atoms with Gasteiger partial charge in [-0.05, 0) is 36.8 Å². The van der Waals surface area contributed by atoms with Gasteiger partial charge in [0.25, 0.3) is 0 Å². The second-order valence-corrected chi connectivity index (χ2v) is 6.03. The van der Waals surface area contributed by atoms with Crippen LogP contribution in [0.5, 0.6) is 5.75 Å². The van der Waals surface area contributed by atoms with Gasteiger partial charge < -0.3 is 4.74 Å². The van der Waals surface area contributed by atoms with E-state index in [0.29, 0.717) is 11.4 Å². The van der Waals surface area contributed by atoms with Crippen molar-refractivity contribution in [3.05, 3.63) is 36.4 Å². The third kappa shape index (κ3) is 1.62. The Morgan fingerprint density at radius 3 is 2.10 bits per heavy atom. The number of carbonyl (C=O) groups excluding carboxylic acids is 2. The Labute approximate surface area is 123 Å². The molecule has 0 aromatic heterocycles. The molecule has 0 spiro atoms. The van der Waals surface area contributed by atoms with Gasteiger partial charge in [0, 0.05) is 0 Å². The fourth-order valence-corrected chi connectivity index (χ4v) is 4.13. The van der Waals surface area contributed by atoms with Gasteiger partial charge in [-0.1, -0.05) is 24.3 Å². The summed E-state index contributed by atoms with van der Waals surface area (Å²) in [6.07, 6.45) is 6.29. The van der Waals surface area contributed by atoms with E-state index in [1.807, 2.05) is 12.1 Å². The van der Waals surface area contributed by atoms with Crippen molar-refractivity contribution >= 4 is 17.5 Å². The molecule has 108 valence electrons. The summed E-state index contributed by atoms with van der Waals surface area (Å²) < 4.78 is 5.32. The van der Waals surface area contributed by atoms with Crippen LogP contribution < -0.4 is 9.64 Å². The number of imide groups is 1. The third-order valence-electron chi connectivity index (χ3n) is 5.09. The van der Waals surface area contributed by atoms with E-state index in [1.54, 1.807) is 19.2 Å². The average molecular weight is 283 g/mol. The zero-order chi connectivity index (χ0) is 14.6. The molecule has 2 bridgehead atoms. The molecular formula is C17H17NO3. The van der Waals surface area contributed by atoms with Crippen molar-refractivity contribution in [1.29, 1.82) is 0 Å². The summed E-state index contributed by atoms with van der Waals surface area (Å²) in [4.78, 5) is 27.0. The zero-order valence-corrected chi connectivity index (χ0v) is 11.9. The summed E-state index contributed by atoms with van der Waals surface area (Å²) >= 11 is 0. The van der Waals surface area contributed by atoms with Crippen molar-refractivity contribution in [1.82, 2.24) is 0 Å². The number of carbonyl (C=O) groups is 2. The normalized spacial score (nSPS) is 33.5. The number of nitrogens with zero attached hydrogens (tertiary/aromatic N) is 1. The number of benzene rings is 1. The number of amides is 2. The fraction of sp³-hybridized carbons (Fsp3) is 0.412. The van der Waals surface area contributed by atoms with Crippen LogP contribution in [0.4, 0.5) is 5.69 Å². The van der Waals surface area contributed by atoms with E-state index in [4.69, 9.17) is 4.74 Å². The van der Waals surface area contributed by atoms with Gasteiger partial charge in [0.05, 0.1) is 24.6 Å². The van der Waals surface area contributed by atoms with Crippen molar-refractivity contribution in [3.63, 3.8) is 0 Å². The van der Waals surface area contributed by atoms with E-state index in [1.165, 1.54) is 4.90 Å². The number of methoxy groups -OCH3 is 1. The molecule has 4 nitrogen and oxygen atoms in total. The maximum Gasteiger partial charge on any atom is 0.238 e. The Bertz CT molecular complexity index is 619. The first-order chi connectivity index (χ1) is 10.2. The monoisotopic (exact) mass is 283 g/mol. The molecule has 2 amide bonds. The zero-order valence-electron chi connectivity index (χ0n) is 11.9. The third-order valence-corrected chi connectivity index (χ3v) is 5.09. The number of ether oxygens (including phenoxy) is 1. The Hall–Kier alpha value is -2.10. The van der Waals surface area contributed by atoms with Gasteiger partial charge >= 0.3 is 0 Å². The minimum absolute atomic E-state index is 0.0615. The number of anilines is 1. The van der Waals surface area contributed by atoms with Crippen LogP contribution in [0.3, 0.4) is 0 Å². The second kappa shape index (κ2) is 4.45. The fourth-order valence-electron chi connectivity index (χ4n) is 4.13. The first-order valence-electron chi connectivity index (χ1n) is 7.41. The largest absolute Gasteiger partial charge is 0.495 e. The first-order valence-corrected chi connectivity index (χ1v) is 7.41. The molecule has 1 saturated heterocycles. The lowest BCUT2D eigenvalue weighted by Gasteiger charge is -2.38. The van der Waals surface area contributed by atoms with Crippen LogP contribution in [0.1, 0.15) is 12.8 Å². The SMILES string of the molecule is COc1ccccc1N1C(=O)[C@H]2[C@H](C1=O)[C@H]1C=C[C@H]2CC1. The van der Waals surface area contributed by atoms with E-state index in [9.17, 15) is 9.59 Å². The molecular weight excluding hydrogens is 266 g/mol. The van der Waals surface area contributed by atoms with E-state index >= 15 is 0 Å². The molecule has 1 aliphatic heterocycles. The molecule has 1 aromatic rings. The summed E-state index contributed by atoms with van der Waals surface area (Å²) in [5, 5.41) is 0. The molecule has 2 fully saturated rings. The highest BCUT2D eigenvalue weighted by Crippen LogP contribution is 2.51. The number of rotatable bonds is 2. The molecule has 1 saturated carbocycles. The summed E-state index contributed by atoms with van der Waals surface area (Å²) in [6.45, 7) is 0. The van der Waals surface area contributed by atoms with Gasteiger partial charge in [-0.15, -0.1) is 0 Å². The smallest absolute Gasteiger partial charge is 0.238 e. The average Bonchev–Trinajstić information content (AvgIpc) is 2.82. The molecule has 0 radical (unpaired) electrons. The van der Waals surface area contributed by atoms with Crippen LogP contribution >= 0.6 is 0 Å². The number of allylic oxidation sites excluding steroid dienone is 2. The predicted molar refractivity (Wildman–Crippen MR) is 77.8 cm³/mol. The molecule has 21 heavy (non-hydrogen) atoms. The number of fused-ring (bicyclic) bond motifs is 1. The van der Waals surface area contributed by atoms with Gasteiger partial charge in [-0.3, -0.25) is 9.59 Å². The minimum Gasteiger partial charge on any atom is -0.495 e. The van der Waals surface area contributed by atoms with Crippen LogP contribution in [0.2, 0.25) is 0 Å². The Morgan fingerprint density at radius 2 is 1.57 bits per heavy atom. The number of hydrogen-bond acceptors (Lipinski definition) is 3. The lowest BCUT2D eigenvalue weighted by molar-refractivity contribution is -0.124. The number of hydrogen-bond donors (Lipinski definition) is 0. The van der Waals surface area contributed by atoms with Crippen molar-refractivity contribution in [2.24, 2.45) is 23.7 Å². The van der Waals surface area contributed by atoms with E-state index in [0.717, 1.165) is 12.8 Å². The summed E-state index contributed by atoms with van der Waals surface area (Å²) in [7, 11) is 1.56. The molecule has 1 aromatic carbocycles. The van der Waals surface area contributed by atoms with E-state index in [2.05, 4.69) is 12.2 Å². The van der Waals surface area contributed by atoms with Gasteiger partial charge in [-0.25, -0.2) is 4.90 Å². The van der Waals surface area contributed by atoms with Crippen molar-refractivity contribution < 1.29 is 14.3 Å². The van der Waals surface area contributed by atoms with Gasteiger partial charge in [0.15, 0.2) is 0 Å². The van der Waals surface area contributed by atoms with Gasteiger partial charge in [0.2, 0.25) is 11.8 Å². The van der Waals surface area contributed by atoms with E-state index < -0.39 is 0 Å². The lowest BCUT2D eigenvalue weighted by atomic mass is 9.63. The van der Waals surface area contributed by atoms with Crippen molar-refractivity contribution in [3.8, 4) is 5.75 Å². The van der Waals surface area contributed by atoms with Crippen LogP contribution in [-0.4, -0.2) is 18.9 Å². The van der Waals surface area contributed by atoms with Gasteiger partial charge in [-0.2, -0.15) is 0 Å². The van der Waals surface area contributed by atoms with Crippen LogP contribution in [0.25, 0.3) is 0 Å². The molecule has 4 aliphatic rings. The Balaban J connectivity index is 1.79. The number of para-hydroxylation sites is 2. The Morgan fingerprint density at radius 1 is 1.00 bits per heavy atom. The molecule has 4 heteroatoms. The summed E-state index contributed by atoms with van der Waals surface area (Å²) in [5.74, 6) is 0.532. The summed E-state index contributed by atoms with van der Waals surface area (Å²) in [5.41, 5.74) is 0.573. The predicted octanol–water partition coefficient (Wildman–Crippen LogP) is 2.40. The van der Waals surface area contributed by atoms with Crippen LogP contribution in [0, 0.1) is 23.7 Å². The minimum atomic E-state index is -0.175. The van der Waals surface area contributed by atoms with Gasteiger partial charge in [0.1, 0.15) is 5.75 Å². The maximum atomic E-state index is 12.8. The second-order valence-electron chi connectivity index (χ2n) is 6.03. The highest BCUT2D eigenvalue weighted by molar-refractivity contribution is 6.23. The lowest BCUT2D eigenvalue weighted by Crippen LogP contribution is -2.38. The van der Waals surface area contributed by atoms with E-state index in [-0.39, 0.29) is 35.5 Å². The highest BCUT2D eigenvalue weighted by Gasteiger charge is 2.57. The maximum absolute atomic E-state index is 12.8. The quantitative estimate of drug-likeness (QED) is 0.618. The first kappa shape index (κ1) is 12.6. The Kier molecular flexibility index (Phi) is 2.67. The standard InChI is InChI=1S/C17H17NO3/c1-21-13-5-3-2-4-12(13)18-16(19)14-10-6-7-11(9-8-10)15(14)17(18)20/h2-7,10-11,14-15H,8-9H2,1H3/t10-,11-,14+,15+/m0/s1. The molecule has 0 N–H and O–H groups in total. The molecule has 0 unspecified atom stereocenters. The van der Waals surface area contributed by atoms with Crippen LogP contribution in [0.15, 0.2) is 36.4 Å². The van der Waals surface area contributed by atoms with Crippen LogP contribution in [-0.2, 0) is 9.59 Å². The van der Waals surface area contributed by atoms with Crippen molar-refractivity contribution in [2.75, 3.05) is 12.0 Å². The molecule has 1 heterocycles. The molecule has 3 aliphatic carbocycles. The highest BCUT2D eigenvalue weighted by atomic mass is 16.5. The van der Waals surface area contributed by atoms with Crippen molar-refractivity contribution in [2.45, 2.75) is 12.8 Å². The molecule has 5 rings (SSSR count). The topological polar surface area (TPSA) is 46.6 Å². The molecule has 4 atom stereocenters.